The van der Waals surface area contributed by atoms with Crippen molar-refractivity contribution in [1.29, 1.82) is 0 Å². The average molecular weight is 500 g/mol. The zero-order valence-electron chi connectivity index (χ0n) is 19.1. The molecule has 0 unspecified atom stereocenters. The second kappa shape index (κ2) is 9.82. The van der Waals surface area contributed by atoms with E-state index in [2.05, 4.69) is 36.9 Å². The van der Waals surface area contributed by atoms with Gasteiger partial charge in [-0.15, -0.1) is 6.42 Å². The summed E-state index contributed by atoms with van der Waals surface area (Å²) in [5.41, 5.74) is 2.15. The van der Waals surface area contributed by atoms with Gasteiger partial charge < -0.3 is 4.57 Å². The maximum Gasteiger partial charge on any atom is 0.251 e. The number of rotatable bonds is 5. The van der Waals surface area contributed by atoms with Crippen LogP contribution in [0.5, 0.6) is 0 Å². The van der Waals surface area contributed by atoms with Gasteiger partial charge in [0.2, 0.25) is 10.0 Å². The minimum atomic E-state index is -3.73. The predicted molar refractivity (Wildman–Crippen MR) is 131 cm³/mol. The van der Waals surface area contributed by atoms with E-state index in [1.165, 1.54) is 33.3 Å². The molecule has 1 aliphatic heterocycles. The lowest BCUT2D eigenvalue weighted by atomic mass is 9.98. The largest absolute Gasteiger partial charge is 0.305 e. The third-order valence-corrected chi connectivity index (χ3v) is 9.04. The van der Waals surface area contributed by atoms with Crippen molar-refractivity contribution in [2.45, 2.75) is 44.0 Å². The lowest BCUT2D eigenvalue weighted by Gasteiger charge is -2.29. The smallest absolute Gasteiger partial charge is 0.251 e. The maximum absolute atomic E-state index is 13.2. The normalized spacial score (nSPS) is 16.3. The van der Waals surface area contributed by atoms with Gasteiger partial charge in [0.05, 0.1) is 21.7 Å². The van der Waals surface area contributed by atoms with Gasteiger partial charge in [-0.3, -0.25) is 4.79 Å². The Hall–Kier alpha value is -2.80. The Labute approximate surface area is 202 Å². The number of carbonyl (C=O) groups is 1. The number of benzene rings is 2. The first kappa shape index (κ1) is 24.3. The number of aromatic nitrogens is 1. The van der Waals surface area contributed by atoms with Crippen LogP contribution in [0.15, 0.2) is 52.4 Å². The third kappa shape index (κ3) is 4.85. The fraction of sp³-hybridized carbons (Fsp3) is 0.360. The van der Waals surface area contributed by atoms with Crippen molar-refractivity contribution < 1.29 is 17.6 Å². The summed E-state index contributed by atoms with van der Waals surface area (Å²) in [7, 11) is -3.73. The van der Waals surface area contributed by atoms with Crippen molar-refractivity contribution in [2.75, 3.05) is 13.1 Å². The van der Waals surface area contributed by atoms with Crippen LogP contribution in [0.2, 0.25) is 0 Å². The monoisotopic (exact) mass is 499 g/mol. The Bertz CT molecular complexity index is 1420. The van der Waals surface area contributed by atoms with Crippen LogP contribution in [0, 0.1) is 24.1 Å². The molecule has 0 aliphatic carbocycles. The number of hydrogen-bond donors (Lipinski definition) is 0. The molecule has 0 bridgehead atoms. The Balaban J connectivity index is 1.54. The predicted octanol–water partition coefficient (Wildman–Crippen LogP) is 4.13. The molecule has 34 heavy (non-hydrogen) atoms. The first-order chi connectivity index (χ1) is 16.2. The van der Waals surface area contributed by atoms with Crippen molar-refractivity contribution >= 4 is 37.5 Å². The van der Waals surface area contributed by atoms with Gasteiger partial charge in [0, 0.05) is 19.0 Å². The molecule has 4 rings (SSSR count). The van der Waals surface area contributed by atoms with E-state index in [-0.39, 0.29) is 29.8 Å². The summed E-state index contributed by atoms with van der Waals surface area (Å²) in [6, 6.07) is 11.0. The molecule has 9 heteroatoms. The summed E-state index contributed by atoms with van der Waals surface area (Å²) in [5.74, 6) is 1.90. The van der Waals surface area contributed by atoms with E-state index >= 15 is 0 Å². The first-order valence-corrected chi connectivity index (χ1v) is 13.4. The van der Waals surface area contributed by atoms with Crippen molar-refractivity contribution in [3.8, 4) is 12.3 Å². The van der Waals surface area contributed by atoms with Crippen molar-refractivity contribution in [3.63, 3.8) is 0 Å². The van der Waals surface area contributed by atoms with Gasteiger partial charge in [-0.2, -0.15) is 9.30 Å². The molecule has 0 atom stereocenters. The summed E-state index contributed by atoms with van der Waals surface area (Å²) in [6.45, 7) is 4.98. The highest BCUT2D eigenvalue weighted by molar-refractivity contribution is 7.89. The van der Waals surface area contributed by atoms with Crippen LogP contribution in [0.25, 0.3) is 10.2 Å². The Morgan fingerprint density at radius 1 is 1.21 bits per heavy atom. The fourth-order valence-corrected chi connectivity index (χ4v) is 6.62. The Kier molecular flexibility index (Phi) is 7.03. The van der Waals surface area contributed by atoms with Crippen molar-refractivity contribution in [1.82, 2.24) is 8.87 Å². The second-order valence-corrected chi connectivity index (χ2v) is 11.6. The van der Waals surface area contributed by atoms with Crippen LogP contribution in [-0.4, -0.2) is 36.3 Å². The van der Waals surface area contributed by atoms with Crippen LogP contribution < -0.4 is 4.80 Å². The van der Waals surface area contributed by atoms with Crippen molar-refractivity contribution in [2.24, 2.45) is 10.9 Å². The molecule has 1 aromatic heterocycles. The van der Waals surface area contributed by atoms with Crippen molar-refractivity contribution in [3.05, 3.63) is 58.6 Å². The van der Waals surface area contributed by atoms with E-state index in [0.29, 0.717) is 30.1 Å². The number of thiazole rings is 1. The molecule has 1 saturated heterocycles. The number of hydrogen-bond acceptors (Lipinski definition) is 4. The highest BCUT2D eigenvalue weighted by Crippen LogP contribution is 2.26. The molecular weight excluding hydrogens is 473 g/mol. The van der Waals surface area contributed by atoms with E-state index in [1.54, 1.807) is 0 Å². The highest BCUT2D eigenvalue weighted by Gasteiger charge is 2.32. The van der Waals surface area contributed by atoms with Gasteiger partial charge in [-0.1, -0.05) is 37.2 Å². The molecule has 2 heterocycles. The quantitative estimate of drug-likeness (QED) is 0.496. The molecule has 1 aliphatic rings. The van der Waals surface area contributed by atoms with Crippen LogP contribution in [0.4, 0.5) is 4.39 Å². The molecule has 0 spiro atoms. The average Bonchev–Trinajstić information content (AvgIpc) is 3.15. The van der Waals surface area contributed by atoms with E-state index < -0.39 is 15.8 Å². The van der Waals surface area contributed by atoms with Gasteiger partial charge in [0.1, 0.15) is 5.82 Å². The van der Waals surface area contributed by atoms with Gasteiger partial charge in [-0.05, 0) is 60.7 Å². The highest BCUT2D eigenvalue weighted by atomic mass is 32.2. The van der Waals surface area contributed by atoms with E-state index in [4.69, 9.17) is 6.42 Å². The molecule has 6 nitrogen and oxygen atoms in total. The Morgan fingerprint density at radius 2 is 1.88 bits per heavy atom. The number of halogens is 1. The van der Waals surface area contributed by atoms with Gasteiger partial charge in [-0.25, -0.2) is 12.8 Å². The number of sulfonamides is 1. The number of carbonyl (C=O) groups excluding carboxylic acids is 1. The minimum absolute atomic E-state index is 0.0460. The molecule has 0 N–H and O–H groups in total. The number of nitrogens with zero attached hydrogens (tertiary/aromatic N) is 3. The van der Waals surface area contributed by atoms with E-state index in [1.807, 2.05) is 10.6 Å². The lowest BCUT2D eigenvalue weighted by molar-refractivity contribution is -0.122. The number of terminal acetylenes is 1. The zero-order chi connectivity index (χ0) is 24.5. The molecule has 3 aromatic rings. The number of amides is 1. The van der Waals surface area contributed by atoms with Crippen LogP contribution in [-0.2, 0) is 21.4 Å². The van der Waals surface area contributed by atoms with Crippen LogP contribution in [0.1, 0.15) is 38.2 Å². The van der Waals surface area contributed by atoms with Gasteiger partial charge in [0.25, 0.3) is 5.91 Å². The molecule has 0 radical (unpaired) electrons. The molecular formula is C25H26FN3O3S2. The van der Waals surface area contributed by atoms with Crippen LogP contribution >= 0.6 is 11.3 Å². The summed E-state index contributed by atoms with van der Waals surface area (Å²) >= 11 is 1.43. The minimum Gasteiger partial charge on any atom is -0.305 e. The molecule has 0 saturated carbocycles. The molecule has 1 fully saturated rings. The van der Waals surface area contributed by atoms with E-state index in [9.17, 15) is 17.6 Å². The second-order valence-electron chi connectivity index (χ2n) is 8.64. The molecule has 1 amide bonds. The SMILES string of the molecule is C#CCn1c(=NC(=O)C2CCN(S(=O)(=O)c3ccc(F)cc3)CC2)sc2cc(C(C)C)ccc21. The fourth-order valence-electron chi connectivity index (χ4n) is 4.06. The third-order valence-electron chi connectivity index (χ3n) is 6.08. The summed E-state index contributed by atoms with van der Waals surface area (Å²) in [6.07, 6.45) is 6.32. The molecule has 178 valence electrons. The van der Waals surface area contributed by atoms with Crippen LogP contribution in [0.3, 0.4) is 0 Å². The van der Waals surface area contributed by atoms with Gasteiger partial charge in [0.15, 0.2) is 4.80 Å². The summed E-state index contributed by atoms with van der Waals surface area (Å²) < 4.78 is 43.1. The first-order valence-electron chi connectivity index (χ1n) is 11.1. The summed E-state index contributed by atoms with van der Waals surface area (Å²) in [4.78, 5) is 18.0. The standard InChI is InChI=1S/C25H26FN3O3S2/c1-4-13-29-22-10-5-19(17(2)3)16-23(22)33-25(29)27-24(30)18-11-14-28(15-12-18)34(31,32)21-8-6-20(26)7-9-21/h1,5-10,16-18H,11-15H2,2-3H3. The topological polar surface area (TPSA) is 71.7 Å². The Morgan fingerprint density at radius 3 is 2.50 bits per heavy atom. The van der Waals surface area contributed by atoms with E-state index in [0.717, 1.165) is 22.3 Å². The summed E-state index contributed by atoms with van der Waals surface area (Å²) in [5, 5.41) is 0. The molecule has 2 aromatic carbocycles. The number of piperidine rings is 1. The maximum atomic E-state index is 13.2. The zero-order valence-corrected chi connectivity index (χ0v) is 20.7. The lowest BCUT2D eigenvalue weighted by Crippen LogP contribution is -2.40. The van der Waals surface area contributed by atoms with Gasteiger partial charge >= 0.3 is 0 Å². The number of fused-ring (bicyclic) bond motifs is 1.